The van der Waals surface area contributed by atoms with Gasteiger partial charge in [-0.2, -0.15) is 0 Å². The molecule has 0 aliphatic carbocycles. The third kappa shape index (κ3) is 2.91. The number of imidazole rings is 1. The third-order valence-corrected chi connectivity index (χ3v) is 4.31. The van der Waals surface area contributed by atoms with Crippen LogP contribution in [0.4, 0.5) is 0 Å². The van der Waals surface area contributed by atoms with E-state index in [4.69, 9.17) is 4.74 Å². The number of rotatable bonds is 4. The van der Waals surface area contributed by atoms with Gasteiger partial charge in [0.25, 0.3) is 5.91 Å². The minimum absolute atomic E-state index is 0.0658. The van der Waals surface area contributed by atoms with Crippen LogP contribution in [-0.2, 0) is 6.42 Å². The normalized spacial score (nSPS) is 16.0. The van der Waals surface area contributed by atoms with Crippen LogP contribution in [0, 0.1) is 0 Å². The number of likely N-dealkylation sites (N-methyl/N-ethyl adjacent to an activating group) is 1. The zero-order chi connectivity index (χ0) is 16.4. The molecule has 6 nitrogen and oxygen atoms in total. The van der Waals surface area contributed by atoms with E-state index in [0.717, 1.165) is 49.7 Å². The van der Waals surface area contributed by atoms with E-state index in [0.29, 0.717) is 12.3 Å². The van der Waals surface area contributed by atoms with E-state index in [2.05, 4.69) is 16.9 Å². The van der Waals surface area contributed by atoms with Gasteiger partial charge in [-0.05, 0) is 32.5 Å². The van der Waals surface area contributed by atoms with Crippen molar-refractivity contribution < 1.29 is 9.53 Å². The first-order valence-electron chi connectivity index (χ1n) is 8.26. The number of carbonyl (C=O) groups excluding carboxylic acids is 1. The minimum atomic E-state index is 0.0658. The molecule has 0 bridgehead atoms. The Hall–Kier alpha value is -2.08. The van der Waals surface area contributed by atoms with Crippen molar-refractivity contribution in [2.24, 2.45) is 0 Å². The highest BCUT2D eigenvalue weighted by molar-refractivity contribution is 5.95. The lowest BCUT2D eigenvalue weighted by atomic mass is 10.2. The Labute approximate surface area is 136 Å². The summed E-state index contributed by atoms with van der Waals surface area (Å²) in [5, 5.41) is 0. The van der Waals surface area contributed by atoms with Gasteiger partial charge in [0.05, 0.1) is 12.3 Å². The predicted molar refractivity (Wildman–Crippen MR) is 89.1 cm³/mol. The van der Waals surface area contributed by atoms with E-state index in [9.17, 15) is 4.79 Å². The van der Waals surface area contributed by atoms with Crippen LogP contribution in [0.2, 0.25) is 0 Å². The number of ether oxygens (including phenoxy) is 1. The maximum absolute atomic E-state index is 13.0. The highest BCUT2D eigenvalue weighted by Gasteiger charge is 2.26. The Morgan fingerprint density at radius 2 is 2.00 bits per heavy atom. The fourth-order valence-corrected chi connectivity index (χ4v) is 2.99. The Balaban J connectivity index is 2.02. The molecule has 3 rings (SSSR count). The molecule has 6 heteroatoms. The predicted octanol–water partition coefficient (Wildman–Crippen LogP) is 1.68. The summed E-state index contributed by atoms with van der Waals surface area (Å²) < 4.78 is 7.54. The van der Waals surface area contributed by atoms with E-state index in [1.54, 1.807) is 0 Å². The second kappa shape index (κ2) is 6.58. The Bertz CT molecular complexity index is 702. The van der Waals surface area contributed by atoms with Crippen molar-refractivity contribution in [1.29, 1.82) is 0 Å². The molecule has 0 N–H and O–H groups in total. The summed E-state index contributed by atoms with van der Waals surface area (Å²) in [7, 11) is 2.09. The lowest BCUT2D eigenvalue weighted by Gasteiger charge is -2.32. The van der Waals surface area contributed by atoms with Crippen molar-refractivity contribution in [2.45, 2.75) is 20.3 Å². The van der Waals surface area contributed by atoms with Gasteiger partial charge in [-0.15, -0.1) is 0 Å². The van der Waals surface area contributed by atoms with Crippen LogP contribution in [0.1, 0.15) is 30.0 Å². The van der Waals surface area contributed by atoms with Crippen molar-refractivity contribution in [3.8, 4) is 5.75 Å². The molecule has 1 aliphatic heterocycles. The fraction of sp³-hybridized carbons (Fsp3) is 0.529. The molecule has 0 atom stereocenters. The van der Waals surface area contributed by atoms with E-state index in [1.807, 2.05) is 41.5 Å². The molecule has 2 aromatic heterocycles. The number of carbonyl (C=O) groups is 1. The molecule has 0 saturated carbocycles. The standard InChI is InChI=1S/C17H24N4O2/c1-4-13-15(17(22)20-11-9-19(3)10-12-20)21-8-6-7-14(23-5-2)16(21)18-13/h6-8H,4-5,9-12H2,1-3H3. The Kier molecular flexibility index (Phi) is 4.52. The first kappa shape index (κ1) is 15.8. The van der Waals surface area contributed by atoms with Crippen LogP contribution in [-0.4, -0.2) is 64.9 Å². The van der Waals surface area contributed by atoms with Crippen molar-refractivity contribution >= 4 is 11.6 Å². The summed E-state index contributed by atoms with van der Waals surface area (Å²) in [4.78, 5) is 21.9. The fourth-order valence-electron chi connectivity index (χ4n) is 2.99. The van der Waals surface area contributed by atoms with Gasteiger partial charge in [0.2, 0.25) is 0 Å². The Morgan fingerprint density at radius 1 is 1.26 bits per heavy atom. The van der Waals surface area contributed by atoms with Gasteiger partial charge in [0, 0.05) is 32.4 Å². The maximum Gasteiger partial charge on any atom is 0.272 e. The van der Waals surface area contributed by atoms with Crippen LogP contribution in [0.25, 0.3) is 5.65 Å². The Morgan fingerprint density at radius 3 is 2.65 bits per heavy atom. The summed E-state index contributed by atoms with van der Waals surface area (Å²) >= 11 is 0. The molecule has 23 heavy (non-hydrogen) atoms. The lowest BCUT2D eigenvalue weighted by Crippen LogP contribution is -2.47. The van der Waals surface area contributed by atoms with Crippen molar-refractivity contribution in [1.82, 2.24) is 19.2 Å². The zero-order valence-corrected chi connectivity index (χ0v) is 14.1. The molecule has 0 aromatic carbocycles. The average molecular weight is 316 g/mol. The number of nitrogens with zero attached hydrogens (tertiary/aromatic N) is 4. The van der Waals surface area contributed by atoms with Gasteiger partial charge in [0.1, 0.15) is 5.69 Å². The summed E-state index contributed by atoms with van der Waals surface area (Å²) in [5.41, 5.74) is 2.23. The highest BCUT2D eigenvalue weighted by Crippen LogP contribution is 2.24. The molecular weight excluding hydrogens is 292 g/mol. The molecule has 0 unspecified atom stereocenters. The van der Waals surface area contributed by atoms with Gasteiger partial charge in [0.15, 0.2) is 11.4 Å². The van der Waals surface area contributed by atoms with Crippen LogP contribution in [0.3, 0.4) is 0 Å². The number of hydrogen-bond acceptors (Lipinski definition) is 4. The quantitative estimate of drug-likeness (QED) is 0.861. The molecule has 124 valence electrons. The number of hydrogen-bond donors (Lipinski definition) is 0. The molecular formula is C17H24N4O2. The van der Waals surface area contributed by atoms with Crippen LogP contribution >= 0.6 is 0 Å². The van der Waals surface area contributed by atoms with Gasteiger partial charge >= 0.3 is 0 Å². The second-order valence-corrected chi connectivity index (χ2v) is 5.86. The number of fused-ring (bicyclic) bond motifs is 1. The molecule has 1 fully saturated rings. The highest BCUT2D eigenvalue weighted by atomic mass is 16.5. The van der Waals surface area contributed by atoms with Crippen molar-refractivity contribution in [3.63, 3.8) is 0 Å². The summed E-state index contributed by atoms with van der Waals surface area (Å²) in [5.74, 6) is 0.790. The van der Waals surface area contributed by atoms with Crippen molar-refractivity contribution in [3.05, 3.63) is 29.7 Å². The minimum Gasteiger partial charge on any atom is -0.490 e. The lowest BCUT2D eigenvalue weighted by molar-refractivity contribution is 0.0656. The van der Waals surface area contributed by atoms with Crippen molar-refractivity contribution in [2.75, 3.05) is 39.8 Å². The molecule has 0 radical (unpaired) electrons. The van der Waals surface area contributed by atoms with E-state index in [-0.39, 0.29) is 5.91 Å². The van der Waals surface area contributed by atoms with E-state index < -0.39 is 0 Å². The van der Waals surface area contributed by atoms with Crippen LogP contribution in [0.5, 0.6) is 5.75 Å². The number of aryl methyl sites for hydroxylation is 1. The molecule has 3 heterocycles. The van der Waals surface area contributed by atoms with Gasteiger partial charge < -0.3 is 14.5 Å². The molecule has 0 spiro atoms. The zero-order valence-electron chi connectivity index (χ0n) is 14.1. The number of amides is 1. The van der Waals surface area contributed by atoms with E-state index in [1.165, 1.54) is 0 Å². The molecule has 2 aromatic rings. The molecule has 1 amide bonds. The maximum atomic E-state index is 13.0. The monoisotopic (exact) mass is 316 g/mol. The van der Waals surface area contributed by atoms with Crippen LogP contribution < -0.4 is 4.74 Å². The first-order chi connectivity index (χ1) is 11.2. The summed E-state index contributed by atoms with van der Waals surface area (Å²) in [6.07, 6.45) is 2.62. The average Bonchev–Trinajstić information content (AvgIpc) is 2.95. The van der Waals surface area contributed by atoms with E-state index >= 15 is 0 Å². The van der Waals surface area contributed by atoms with Gasteiger partial charge in [-0.1, -0.05) is 6.92 Å². The van der Waals surface area contributed by atoms with Gasteiger partial charge in [-0.25, -0.2) is 4.98 Å². The number of piperazine rings is 1. The second-order valence-electron chi connectivity index (χ2n) is 5.86. The third-order valence-electron chi connectivity index (χ3n) is 4.31. The SMILES string of the molecule is CCOc1cccn2c(C(=O)N3CCN(C)CC3)c(CC)nc12. The number of pyridine rings is 1. The summed E-state index contributed by atoms with van der Waals surface area (Å²) in [6.45, 7) is 7.90. The summed E-state index contributed by atoms with van der Waals surface area (Å²) in [6, 6.07) is 3.80. The topological polar surface area (TPSA) is 50.1 Å². The molecule has 1 saturated heterocycles. The largest absolute Gasteiger partial charge is 0.490 e. The smallest absolute Gasteiger partial charge is 0.272 e. The van der Waals surface area contributed by atoms with Crippen LogP contribution in [0.15, 0.2) is 18.3 Å². The number of aromatic nitrogens is 2. The first-order valence-corrected chi connectivity index (χ1v) is 8.26. The molecule has 1 aliphatic rings. The van der Waals surface area contributed by atoms with Gasteiger partial charge in [-0.3, -0.25) is 9.20 Å².